The quantitative estimate of drug-likeness (QED) is 0.492. The number of aryl methyl sites for hydroxylation is 2. The first-order valence-electron chi connectivity index (χ1n) is 8.55. The normalized spacial score (nSPS) is 13.8. The summed E-state index contributed by atoms with van der Waals surface area (Å²) in [6, 6.07) is 4.91. The number of rotatable bonds is 4. The minimum Gasteiger partial charge on any atom is -0.494 e. The number of aromatic nitrogens is 2. The van der Waals surface area contributed by atoms with Gasteiger partial charge in [0, 0.05) is 17.7 Å². The van der Waals surface area contributed by atoms with Crippen molar-refractivity contribution in [1.82, 2.24) is 9.55 Å². The highest BCUT2D eigenvalue weighted by Crippen LogP contribution is 2.35. The molecule has 0 saturated carbocycles. The van der Waals surface area contributed by atoms with Crippen LogP contribution in [-0.2, 0) is 25.6 Å². The molecule has 0 saturated heterocycles. The van der Waals surface area contributed by atoms with Crippen molar-refractivity contribution < 1.29 is 9.13 Å². The number of nitrogens with zero attached hydrogens (tertiary/aromatic N) is 2. The van der Waals surface area contributed by atoms with Gasteiger partial charge in [-0.15, -0.1) is 11.3 Å². The molecule has 0 atom stereocenters. The lowest BCUT2D eigenvalue weighted by molar-refractivity contribution is 0.386. The molecule has 0 spiro atoms. The summed E-state index contributed by atoms with van der Waals surface area (Å²) in [5.41, 5.74) is 2.06. The predicted octanol–water partition coefficient (Wildman–Crippen LogP) is 4.31. The third-order valence-electron chi connectivity index (χ3n) is 4.74. The number of fused-ring (bicyclic) bond motifs is 3. The second-order valence-corrected chi connectivity index (χ2v) is 8.43. The Morgan fingerprint density at radius 2 is 2.15 bits per heavy atom. The van der Waals surface area contributed by atoms with Crippen molar-refractivity contribution in [2.45, 2.75) is 36.6 Å². The van der Waals surface area contributed by atoms with Crippen molar-refractivity contribution in [1.29, 1.82) is 0 Å². The summed E-state index contributed by atoms with van der Waals surface area (Å²) < 4.78 is 20.4. The van der Waals surface area contributed by atoms with Crippen LogP contribution < -0.4 is 10.3 Å². The van der Waals surface area contributed by atoms with Crippen molar-refractivity contribution in [3.8, 4) is 5.75 Å². The molecule has 1 aliphatic carbocycles. The third kappa shape index (κ3) is 3.03. The molecule has 0 radical (unpaired) electrons. The molecule has 1 aromatic carbocycles. The van der Waals surface area contributed by atoms with Crippen LogP contribution in [0.3, 0.4) is 0 Å². The van der Waals surface area contributed by atoms with Gasteiger partial charge in [0.25, 0.3) is 5.56 Å². The van der Waals surface area contributed by atoms with Crippen molar-refractivity contribution >= 4 is 33.3 Å². The van der Waals surface area contributed by atoms with E-state index in [2.05, 4.69) is 0 Å². The number of thiophene rings is 1. The number of halogens is 1. The second-order valence-electron chi connectivity index (χ2n) is 6.41. The average Bonchev–Trinajstić information content (AvgIpc) is 3.02. The van der Waals surface area contributed by atoms with Crippen LogP contribution in [0, 0.1) is 5.82 Å². The molecule has 0 bridgehead atoms. The van der Waals surface area contributed by atoms with Crippen LogP contribution in [0.25, 0.3) is 10.2 Å². The average molecular weight is 391 g/mol. The molecule has 0 aliphatic heterocycles. The van der Waals surface area contributed by atoms with Crippen LogP contribution in [0.5, 0.6) is 5.75 Å². The van der Waals surface area contributed by atoms with Crippen LogP contribution in [0.15, 0.2) is 28.2 Å². The molecule has 136 valence electrons. The lowest BCUT2D eigenvalue weighted by atomic mass is 9.97. The standard InChI is InChI=1S/C19H19FN2O2S2/c1-22-18(23)16-12-5-3-4-6-15(12)26-17(16)21-19(22)25-10-11-7-8-14(24-2)13(20)9-11/h7-9H,3-6,10H2,1-2H3. The van der Waals surface area contributed by atoms with E-state index in [-0.39, 0.29) is 17.1 Å². The first kappa shape index (κ1) is 17.5. The first-order chi connectivity index (χ1) is 12.6. The molecule has 0 fully saturated rings. The maximum atomic E-state index is 13.9. The maximum Gasteiger partial charge on any atom is 0.262 e. The largest absolute Gasteiger partial charge is 0.494 e. The van der Waals surface area contributed by atoms with Gasteiger partial charge in [0.2, 0.25) is 0 Å². The number of ether oxygens (including phenoxy) is 1. The summed E-state index contributed by atoms with van der Waals surface area (Å²) in [7, 11) is 3.21. The highest BCUT2D eigenvalue weighted by molar-refractivity contribution is 7.98. The number of thioether (sulfide) groups is 1. The van der Waals surface area contributed by atoms with E-state index in [4.69, 9.17) is 9.72 Å². The Kier molecular flexibility index (Phi) is 4.75. The van der Waals surface area contributed by atoms with Crippen LogP contribution in [0.2, 0.25) is 0 Å². The number of hydrogen-bond donors (Lipinski definition) is 0. The second kappa shape index (κ2) is 7.04. The zero-order valence-electron chi connectivity index (χ0n) is 14.7. The molecule has 4 nitrogen and oxygen atoms in total. The van der Waals surface area contributed by atoms with E-state index in [0.29, 0.717) is 10.9 Å². The monoisotopic (exact) mass is 390 g/mol. The van der Waals surface area contributed by atoms with Crippen molar-refractivity contribution in [2.75, 3.05) is 7.11 Å². The zero-order chi connectivity index (χ0) is 18.3. The fraction of sp³-hybridized carbons (Fsp3) is 0.368. The van der Waals surface area contributed by atoms with Gasteiger partial charge in [-0.2, -0.15) is 0 Å². The molecule has 7 heteroatoms. The molecule has 1 aliphatic rings. The summed E-state index contributed by atoms with van der Waals surface area (Å²) in [5, 5.41) is 1.46. The Hall–Kier alpha value is -1.86. The van der Waals surface area contributed by atoms with E-state index < -0.39 is 0 Å². The molecule has 2 heterocycles. The lowest BCUT2D eigenvalue weighted by Crippen LogP contribution is -2.20. The Balaban J connectivity index is 1.66. The Bertz CT molecular complexity index is 1040. The van der Waals surface area contributed by atoms with Gasteiger partial charge in [0.15, 0.2) is 16.7 Å². The van der Waals surface area contributed by atoms with Crippen LogP contribution in [0.1, 0.15) is 28.8 Å². The zero-order valence-corrected chi connectivity index (χ0v) is 16.3. The van der Waals surface area contributed by atoms with Gasteiger partial charge in [0.05, 0.1) is 12.5 Å². The van der Waals surface area contributed by atoms with E-state index in [1.807, 2.05) is 6.07 Å². The SMILES string of the molecule is COc1ccc(CSc2nc3sc4c(c3c(=O)n2C)CCCC4)cc1F. The van der Waals surface area contributed by atoms with Gasteiger partial charge in [0.1, 0.15) is 4.83 Å². The van der Waals surface area contributed by atoms with Crippen molar-refractivity contribution in [2.24, 2.45) is 7.05 Å². The smallest absolute Gasteiger partial charge is 0.262 e. The molecule has 4 rings (SSSR count). The number of methoxy groups -OCH3 is 1. The Morgan fingerprint density at radius 1 is 1.35 bits per heavy atom. The summed E-state index contributed by atoms with van der Waals surface area (Å²) in [6.45, 7) is 0. The number of benzene rings is 1. The molecular weight excluding hydrogens is 371 g/mol. The lowest BCUT2D eigenvalue weighted by Gasteiger charge is -2.11. The van der Waals surface area contributed by atoms with Crippen LogP contribution in [-0.4, -0.2) is 16.7 Å². The molecule has 0 N–H and O–H groups in total. The summed E-state index contributed by atoms with van der Waals surface area (Å²) in [6.07, 6.45) is 4.35. The highest BCUT2D eigenvalue weighted by Gasteiger charge is 2.21. The van der Waals surface area contributed by atoms with Crippen LogP contribution in [0.4, 0.5) is 4.39 Å². The van der Waals surface area contributed by atoms with Gasteiger partial charge in [-0.3, -0.25) is 9.36 Å². The van der Waals surface area contributed by atoms with Gasteiger partial charge >= 0.3 is 0 Å². The molecular formula is C19H19FN2O2S2. The van der Waals surface area contributed by atoms with Crippen LogP contribution >= 0.6 is 23.1 Å². The molecule has 0 amide bonds. The van der Waals surface area contributed by atoms with E-state index >= 15 is 0 Å². The summed E-state index contributed by atoms with van der Waals surface area (Å²) >= 11 is 3.10. The van der Waals surface area contributed by atoms with Gasteiger partial charge in [-0.05, 0) is 48.9 Å². The van der Waals surface area contributed by atoms with Gasteiger partial charge in [-0.1, -0.05) is 17.8 Å². The topological polar surface area (TPSA) is 44.1 Å². The highest BCUT2D eigenvalue weighted by atomic mass is 32.2. The Labute approximate surface area is 159 Å². The van der Waals surface area contributed by atoms with E-state index in [1.165, 1.54) is 41.8 Å². The van der Waals surface area contributed by atoms with E-state index in [9.17, 15) is 9.18 Å². The Morgan fingerprint density at radius 3 is 2.92 bits per heavy atom. The van der Waals surface area contributed by atoms with Crippen molar-refractivity contribution in [3.05, 3.63) is 50.4 Å². The van der Waals surface area contributed by atoms with Gasteiger partial charge < -0.3 is 4.74 Å². The fourth-order valence-corrected chi connectivity index (χ4v) is 5.56. The van der Waals surface area contributed by atoms with Gasteiger partial charge in [-0.25, -0.2) is 9.37 Å². The molecule has 3 aromatic rings. The number of hydrogen-bond acceptors (Lipinski definition) is 5. The van der Waals surface area contributed by atoms with Crippen molar-refractivity contribution in [3.63, 3.8) is 0 Å². The summed E-state index contributed by atoms with van der Waals surface area (Å²) in [4.78, 5) is 19.8. The molecule has 26 heavy (non-hydrogen) atoms. The predicted molar refractivity (Wildman–Crippen MR) is 104 cm³/mol. The minimum atomic E-state index is -0.381. The first-order valence-corrected chi connectivity index (χ1v) is 10.3. The fourth-order valence-electron chi connectivity index (χ4n) is 3.34. The maximum absolute atomic E-state index is 13.9. The molecule has 2 aromatic heterocycles. The minimum absolute atomic E-state index is 0.0258. The third-order valence-corrected chi connectivity index (χ3v) is 7.03. The van der Waals surface area contributed by atoms with E-state index in [1.54, 1.807) is 29.0 Å². The summed E-state index contributed by atoms with van der Waals surface area (Å²) in [5.74, 6) is 0.390. The molecule has 0 unspecified atom stereocenters. The van der Waals surface area contributed by atoms with E-state index in [0.717, 1.165) is 35.0 Å².